The molecule has 4 heterocycles. The summed E-state index contributed by atoms with van der Waals surface area (Å²) in [5, 5.41) is 13.7. The Morgan fingerprint density at radius 2 is 2.09 bits per heavy atom. The number of nitrogens with one attached hydrogen (secondary N) is 2. The number of anilines is 1. The number of aromatic amines is 1. The average Bonchev–Trinajstić information content (AvgIpc) is 3.24. The van der Waals surface area contributed by atoms with Crippen molar-refractivity contribution >= 4 is 51.5 Å². The van der Waals surface area contributed by atoms with Crippen molar-refractivity contribution in [2.75, 3.05) is 11.9 Å². The number of carbonyl (C=O) groups is 2. The molecule has 1 aliphatic heterocycles. The van der Waals surface area contributed by atoms with Gasteiger partial charge in [-0.05, 0) is 23.8 Å². The van der Waals surface area contributed by atoms with Crippen molar-refractivity contribution in [3.8, 4) is 16.9 Å². The summed E-state index contributed by atoms with van der Waals surface area (Å²) in [6, 6.07) is 9.13. The van der Waals surface area contributed by atoms with Gasteiger partial charge in [-0.1, -0.05) is 12.1 Å². The highest BCUT2D eigenvalue weighted by atomic mass is 35.5. The van der Waals surface area contributed by atoms with E-state index >= 15 is 0 Å². The number of H-pyrrole nitrogens is 1. The minimum Gasteiger partial charge on any atom is -0.482 e. The van der Waals surface area contributed by atoms with E-state index in [1.807, 2.05) is 24.3 Å². The van der Waals surface area contributed by atoms with Crippen LogP contribution < -0.4 is 21.3 Å². The molecule has 10 nitrogen and oxygen atoms in total. The van der Waals surface area contributed by atoms with Gasteiger partial charge in [-0.25, -0.2) is 9.78 Å². The number of pyridine rings is 1. The number of fused-ring (bicyclic) bond motifs is 2. The van der Waals surface area contributed by atoms with Gasteiger partial charge in [-0.3, -0.25) is 14.6 Å². The highest BCUT2D eigenvalue weighted by Gasteiger charge is 2.16. The molecular weight excluding hydrogens is 470 g/mol. The van der Waals surface area contributed by atoms with E-state index in [0.717, 1.165) is 11.1 Å². The smallest absolute Gasteiger partial charge is 0.372 e. The predicted molar refractivity (Wildman–Crippen MR) is 126 cm³/mol. The maximum Gasteiger partial charge on any atom is 0.372 e. The summed E-state index contributed by atoms with van der Waals surface area (Å²) < 4.78 is 5.18. The van der Waals surface area contributed by atoms with Gasteiger partial charge < -0.3 is 25.9 Å². The van der Waals surface area contributed by atoms with Crippen LogP contribution in [0.2, 0.25) is 0 Å². The van der Waals surface area contributed by atoms with Crippen molar-refractivity contribution < 1.29 is 19.4 Å². The van der Waals surface area contributed by atoms with Gasteiger partial charge in [0.25, 0.3) is 11.5 Å². The normalized spacial score (nSPS) is 11.8. The van der Waals surface area contributed by atoms with Crippen LogP contribution in [0.1, 0.15) is 16.2 Å². The van der Waals surface area contributed by atoms with Crippen molar-refractivity contribution in [1.82, 2.24) is 15.0 Å². The summed E-state index contributed by atoms with van der Waals surface area (Å²) in [6.45, 7) is 0.554. The van der Waals surface area contributed by atoms with Crippen LogP contribution in [-0.2, 0) is 11.3 Å². The quantitative estimate of drug-likeness (QED) is 0.343. The fraction of sp³-hybridized carbons (Fsp3) is 0.0952. The van der Waals surface area contributed by atoms with Crippen LogP contribution in [0.5, 0.6) is 5.75 Å². The molecule has 0 fully saturated rings. The molecule has 0 spiro atoms. The molecule has 4 aromatic rings. The number of rotatable bonds is 3. The van der Waals surface area contributed by atoms with E-state index < -0.39 is 11.5 Å². The number of nitrogens with two attached hydrogens (primary N) is 1. The molecule has 0 unspecified atom stereocenters. The molecule has 0 bridgehead atoms. The van der Waals surface area contributed by atoms with Gasteiger partial charge >= 0.3 is 5.97 Å². The van der Waals surface area contributed by atoms with Crippen molar-refractivity contribution in [2.24, 2.45) is 5.73 Å². The third kappa shape index (κ3) is 5.17. The first-order valence-corrected chi connectivity index (χ1v) is 10.2. The van der Waals surface area contributed by atoms with Crippen LogP contribution in [0.4, 0.5) is 5.69 Å². The van der Waals surface area contributed by atoms with Gasteiger partial charge in [-0.15, -0.1) is 23.7 Å². The van der Waals surface area contributed by atoms with Crippen LogP contribution >= 0.6 is 23.7 Å². The fourth-order valence-corrected chi connectivity index (χ4v) is 3.99. The Morgan fingerprint density at radius 1 is 1.27 bits per heavy atom. The lowest BCUT2D eigenvalue weighted by Gasteiger charge is -2.18. The lowest BCUT2D eigenvalue weighted by molar-refractivity contribution is -0.118. The zero-order valence-corrected chi connectivity index (χ0v) is 18.5. The standard InChI is InChI=1S/C12H7N3O3S.C9H10N2O2.ClH/c16-10-8-7(6-2-1-3-13-4-6)5-19-11(8)15-9(14-10)12(17)18;10-4-6-1-2-8-7(3-6)11-9(12)5-13-8;/h1-5H,(H,17,18)(H,14,15,16);1-3H,4-5,10H2,(H,11,12);1H. The number of ether oxygens (including phenoxy) is 1. The van der Waals surface area contributed by atoms with Gasteiger partial charge in [0.2, 0.25) is 5.82 Å². The summed E-state index contributed by atoms with van der Waals surface area (Å²) in [5.41, 5.74) is 8.19. The van der Waals surface area contributed by atoms with E-state index in [0.29, 0.717) is 33.8 Å². The third-order valence-electron chi connectivity index (χ3n) is 4.53. The Labute approximate surface area is 196 Å². The molecule has 0 aliphatic carbocycles. The first-order valence-electron chi connectivity index (χ1n) is 9.37. The molecule has 0 saturated heterocycles. The predicted octanol–water partition coefficient (Wildman–Crippen LogP) is 2.64. The molecular formula is C21H18ClN5O5S. The molecule has 0 radical (unpaired) electrons. The zero-order valence-electron chi connectivity index (χ0n) is 16.9. The fourth-order valence-electron chi connectivity index (χ4n) is 3.04. The number of carboxylic acid groups (broad SMARTS) is 1. The van der Waals surface area contributed by atoms with Crippen molar-refractivity contribution in [3.63, 3.8) is 0 Å². The second kappa shape index (κ2) is 10.2. The summed E-state index contributed by atoms with van der Waals surface area (Å²) in [4.78, 5) is 44.4. The lowest BCUT2D eigenvalue weighted by atomic mass is 10.1. The number of halogens is 1. The minimum atomic E-state index is -1.25. The first-order chi connectivity index (χ1) is 15.5. The number of carbonyl (C=O) groups excluding carboxylic acids is 1. The van der Waals surface area contributed by atoms with Crippen LogP contribution in [0.3, 0.4) is 0 Å². The minimum absolute atomic E-state index is 0. The van der Waals surface area contributed by atoms with Gasteiger partial charge in [0, 0.05) is 35.4 Å². The first kappa shape index (κ1) is 23.9. The second-order valence-corrected chi connectivity index (χ2v) is 7.52. The molecule has 1 aromatic carbocycles. The molecule has 5 N–H and O–H groups in total. The van der Waals surface area contributed by atoms with Gasteiger partial charge in [-0.2, -0.15) is 0 Å². The number of aromatic carboxylic acids is 1. The highest BCUT2D eigenvalue weighted by Crippen LogP contribution is 2.30. The van der Waals surface area contributed by atoms with Crippen molar-refractivity contribution in [1.29, 1.82) is 0 Å². The molecule has 33 heavy (non-hydrogen) atoms. The monoisotopic (exact) mass is 487 g/mol. The van der Waals surface area contributed by atoms with E-state index in [1.165, 1.54) is 11.3 Å². The highest BCUT2D eigenvalue weighted by molar-refractivity contribution is 7.17. The SMILES string of the molecule is Cl.NCc1ccc2c(c1)NC(=O)CO2.O=C(O)c1nc2scc(-c3cccnc3)c2c(=O)[nH]1. The molecule has 170 valence electrons. The van der Waals surface area contributed by atoms with Crippen LogP contribution in [0.15, 0.2) is 52.9 Å². The molecule has 12 heteroatoms. The van der Waals surface area contributed by atoms with E-state index in [2.05, 4.69) is 20.3 Å². The molecule has 3 aromatic heterocycles. The number of hydrogen-bond donors (Lipinski definition) is 4. The molecule has 0 atom stereocenters. The number of aromatic nitrogens is 3. The number of carboxylic acids is 1. The van der Waals surface area contributed by atoms with Gasteiger partial charge in [0.15, 0.2) is 6.61 Å². The van der Waals surface area contributed by atoms with E-state index in [4.69, 9.17) is 15.6 Å². The Balaban J connectivity index is 0.000000192. The number of thiophene rings is 1. The van der Waals surface area contributed by atoms with Crippen LogP contribution in [0, 0.1) is 0 Å². The average molecular weight is 488 g/mol. The Kier molecular flexibility index (Phi) is 7.38. The number of nitrogens with zero attached hydrogens (tertiary/aromatic N) is 2. The van der Waals surface area contributed by atoms with Crippen LogP contribution in [0.25, 0.3) is 21.3 Å². The number of amides is 1. The lowest BCUT2D eigenvalue weighted by Crippen LogP contribution is -2.25. The zero-order chi connectivity index (χ0) is 22.7. The Morgan fingerprint density at radius 3 is 2.79 bits per heavy atom. The molecule has 1 amide bonds. The molecule has 0 saturated carbocycles. The maximum absolute atomic E-state index is 12.0. The van der Waals surface area contributed by atoms with E-state index in [-0.39, 0.29) is 30.7 Å². The van der Waals surface area contributed by atoms with E-state index in [1.54, 1.807) is 23.8 Å². The third-order valence-corrected chi connectivity index (χ3v) is 5.40. The summed E-state index contributed by atoms with van der Waals surface area (Å²) in [7, 11) is 0. The summed E-state index contributed by atoms with van der Waals surface area (Å²) in [6.07, 6.45) is 3.29. The Hall–Kier alpha value is -3.80. The number of benzene rings is 1. The van der Waals surface area contributed by atoms with Gasteiger partial charge in [0.1, 0.15) is 10.6 Å². The summed E-state index contributed by atoms with van der Waals surface area (Å²) in [5.74, 6) is -1.02. The number of hydrogen-bond acceptors (Lipinski definition) is 8. The molecule has 5 rings (SSSR count). The topological polar surface area (TPSA) is 160 Å². The summed E-state index contributed by atoms with van der Waals surface area (Å²) >= 11 is 1.23. The van der Waals surface area contributed by atoms with E-state index in [9.17, 15) is 14.4 Å². The largest absolute Gasteiger partial charge is 0.482 e. The Bertz CT molecular complexity index is 1370. The molecule has 1 aliphatic rings. The van der Waals surface area contributed by atoms with Crippen molar-refractivity contribution in [2.45, 2.75) is 6.54 Å². The van der Waals surface area contributed by atoms with Gasteiger partial charge in [0.05, 0.1) is 11.1 Å². The van der Waals surface area contributed by atoms with Crippen molar-refractivity contribution in [3.05, 3.63) is 69.8 Å². The second-order valence-electron chi connectivity index (χ2n) is 6.66. The maximum atomic E-state index is 12.0. The van der Waals surface area contributed by atoms with Crippen LogP contribution in [-0.4, -0.2) is 38.5 Å².